The van der Waals surface area contributed by atoms with E-state index in [1.165, 1.54) is 20.3 Å². The van der Waals surface area contributed by atoms with Crippen LogP contribution in [0.2, 0.25) is 0 Å². The van der Waals surface area contributed by atoms with Crippen LogP contribution in [0.1, 0.15) is 27.2 Å². The van der Waals surface area contributed by atoms with Crippen LogP contribution in [0.3, 0.4) is 0 Å². The molecule has 144 valence electrons. The molecule has 0 aromatic carbocycles. The lowest BCUT2D eigenvalue weighted by molar-refractivity contribution is -0.227. The first-order valence-electron chi connectivity index (χ1n) is 8.99. The zero-order valence-corrected chi connectivity index (χ0v) is 15.7. The van der Waals surface area contributed by atoms with Crippen LogP contribution in [0.5, 0.6) is 0 Å². The number of ketones is 1. The number of aliphatic hydroxyl groups excluding tert-OH is 1. The first-order chi connectivity index (χ1) is 12.2. The molecule has 4 aliphatic rings. The van der Waals surface area contributed by atoms with Crippen molar-refractivity contribution in [3.63, 3.8) is 0 Å². The SMILES string of the molecule is CO[C@H]1O[C@@H](OC)C2([C@@H]1O)[C@H](C(C)(C)C)C[C@H]1OC(=O)[C@@H]3C(=O)C=CC312. The molecular formula is C19H26O7. The van der Waals surface area contributed by atoms with Crippen molar-refractivity contribution in [3.8, 4) is 0 Å². The molecule has 2 spiro atoms. The summed E-state index contributed by atoms with van der Waals surface area (Å²) in [5.74, 6) is -1.90. The molecule has 4 rings (SSSR count). The van der Waals surface area contributed by atoms with E-state index >= 15 is 0 Å². The standard InChI is InChI=1S/C19H26O7/c1-17(2,3)10-8-11-18(7-6-9(20)12(18)14(22)25-11)19(10)13(21)15(23-4)26-16(19)24-5/h6-7,10-13,15-16,21H,8H2,1-5H3/t10-,11+,12-,13+,15-,16+,18?,19?/m0/s1. The van der Waals surface area contributed by atoms with Gasteiger partial charge in [0.2, 0.25) is 0 Å². The number of allylic oxidation sites excluding steroid dienone is 1. The quantitative estimate of drug-likeness (QED) is 0.577. The molecule has 0 bridgehead atoms. The average Bonchev–Trinajstić information content (AvgIpc) is 3.22. The van der Waals surface area contributed by atoms with Crippen LogP contribution in [0.25, 0.3) is 0 Å². The molecule has 0 amide bonds. The summed E-state index contributed by atoms with van der Waals surface area (Å²) in [7, 11) is 2.97. The number of methoxy groups -OCH3 is 2. The Hall–Kier alpha value is -1.28. The number of ether oxygens (including phenoxy) is 4. The van der Waals surface area contributed by atoms with Gasteiger partial charge >= 0.3 is 5.97 Å². The maximum atomic E-state index is 12.6. The number of hydrogen-bond donors (Lipinski definition) is 1. The second kappa shape index (κ2) is 5.38. The Morgan fingerprint density at radius 1 is 1.23 bits per heavy atom. The Kier molecular flexibility index (Phi) is 3.74. The Morgan fingerprint density at radius 2 is 1.92 bits per heavy atom. The van der Waals surface area contributed by atoms with Crippen LogP contribution in [-0.4, -0.2) is 55.9 Å². The number of hydrogen-bond acceptors (Lipinski definition) is 7. The highest BCUT2D eigenvalue weighted by Gasteiger charge is 2.83. The van der Waals surface area contributed by atoms with Crippen molar-refractivity contribution in [1.82, 2.24) is 0 Å². The minimum absolute atomic E-state index is 0.119. The van der Waals surface area contributed by atoms with Crippen LogP contribution in [0.4, 0.5) is 0 Å². The van der Waals surface area contributed by atoms with E-state index in [0.717, 1.165) is 0 Å². The van der Waals surface area contributed by atoms with E-state index in [9.17, 15) is 14.7 Å². The smallest absolute Gasteiger partial charge is 0.318 e. The van der Waals surface area contributed by atoms with E-state index in [0.29, 0.717) is 6.42 Å². The summed E-state index contributed by atoms with van der Waals surface area (Å²) in [4.78, 5) is 25.1. The molecule has 7 nitrogen and oxygen atoms in total. The monoisotopic (exact) mass is 366 g/mol. The fourth-order valence-electron chi connectivity index (χ4n) is 6.19. The van der Waals surface area contributed by atoms with Crippen molar-refractivity contribution < 1.29 is 33.6 Å². The molecule has 0 radical (unpaired) electrons. The summed E-state index contributed by atoms with van der Waals surface area (Å²) in [5.41, 5.74) is -2.28. The lowest BCUT2D eigenvalue weighted by Crippen LogP contribution is -2.60. The largest absolute Gasteiger partial charge is 0.461 e. The predicted octanol–water partition coefficient (Wildman–Crippen LogP) is 1.04. The van der Waals surface area contributed by atoms with E-state index in [4.69, 9.17) is 18.9 Å². The van der Waals surface area contributed by atoms with E-state index in [1.54, 1.807) is 6.08 Å². The van der Waals surface area contributed by atoms with Crippen LogP contribution in [0.15, 0.2) is 12.2 Å². The van der Waals surface area contributed by atoms with Gasteiger partial charge in [-0.2, -0.15) is 0 Å². The minimum atomic E-state index is -1.07. The lowest BCUT2D eigenvalue weighted by Gasteiger charge is -2.50. The van der Waals surface area contributed by atoms with Gasteiger partial charge in [0.05, 0.1) is 10.8 Å². The first kappa shape index (κ1) is 18.1. The number of esters is 1. The van der Waals surface area contributed by atoms with Crippen molar-refractivity contribution in [2.45, 2.75) is 52.0 Å². The van der Waals surface area contributed by atoms with Crippen LogP contribution in [-0.2, 0) is 28.5 Å². The Balaban J connectivity index is 2.00. The van der Waals surface area contributed by atoms with Crippen molar-refractivity contribution in [2.24, 2.45) is 28.1 Å². The van der Waals surface area contributed by atoms with Crippen LogP contribution in [0, 0.1) is 28.1 Å². The van der Waals surface area contributed by atoms with Crippen LogP contribution < -0.4 is 0 Å². The summed E-state index contributed by atoms with van der Waals surface area (Å²) in [6.07, 6.45) is 0.433. The van der Waals surface area contributed by atoms with E-state index in [2.05, 4.69) is 20.8 Å². The Bertz CT molecular complexity index is 676. The van der Waals surface area contributed by atoms with Gasteiger partial charge in [0.15, 0.2) is 18.4 Å². The summed E-state index contributed by atoms with van der Waals surface area (Å²) >= 11 is 0. The Labute approximate surface area is 152 Å². The number of carbonyl (C=O) groups is 2. The molecule has 1 saturated carbocycles. The first-order valence-corrected chi connectivity index (χ1v) is 8.99. The highest BCUT2D eigenvalue weighted by atomic mass is 16.8. The van der Waals surface area contributed by atoms with Crippen molar-refractivity contribution in [1.29, 1.82) is 0 Å². The molecule has 2 saturated heterocycles. The van der Waals surface area contributed by atoms with Gasteiger partial charge in [0.25, 0.3) is 0 Å². The molecule has 2 aliphatic heterocycles. The third kappa shape index (κ3) is 1.77. The zero-order valence-electron chi connectivity index (χ0n) is 15.7. The van der Waals surface area contributed by atoms with Gasteiger partial charge in [-0.15, -0.1) is 0 Å². The second-order valence-electron chi connectivity index (χ2n) is 8.87. The molecule has 0 aromatic rings. The molecule has 2 unspecified atom stereocenters. The fraction of sp³-hybridized carbons (Fsp3) is 0.789. The summed E-state index contributed by atoms with van der Waals surface area (Å²) in [6.45, 7) is 6.23. The van der Waals surface area contributed by atoms with Gasteiger partial charge in [-0.05, 0) is 23.8 Å². The highest BCUT2D eigenvalue weighted by molar-refractivity contribution is 6.10. The van der Waals surface area contributed by atoms with Gasteiger partial charge in [-0.1, -0.05) is 26.8 Å². The number of rotatable bonds is 2. The summed E-state index contributed by atoms with van der Waals surface area (Å²) in [6, 6.07) is 0. The van der Waals surface area contributed by atoms with Gasteiger partial charge < -0.3 is 24.1 Å². The zero-order chi connectivity index (χ0) is 19.1. The molecule has 1 N–H and O–H groups in total. The molecule has 0 aromatic heterocycles. The van der Waals surface area contributed by atoms with Gasteiger partial charge in [0, 0.05) is 14.2 Å². The third-order valence-electron chi connectivity index (χ3n) is 6.98. The van der Waals surface area contributed by atoms with Crippen molar-refractivity contribution in [2.75, 3.05) is 14.2 Å². The van der Waals surface area contributed by atoms with Crippen molar-refractivity contribution >= 4 is 11.8 Å². The molecule has 26 heavy (non-hydrogen) atoms. The fourth-order valence-corrected chi connectivity index (χ4v) is 6.19. The maximum Gasteiger partial charge on any atom is 0.318 e. The predicted molar refractivity (Wildman–Crippen MR) is 88.6 cm³/mol. The average molecular weight is 366 g/mol. The molecule has 2 heterocycles. The number of aliphatic hydroxyl groups is 1. The normalized spacial score (nSPS) is 49.8. The van der Waals surface area contributed by atoms with Crippen molar-refractivity contribution in [3.05, 3.63) is 12.2 Å². The lowest BCUT2D eigenvalue weighted by atomic mass is 9.52. The van der Waals surface area contributed by atoms with E-state index in [1.807, 2.05) is 0 Å². The number of carbonyl (C=O) groups excluding carboxylic acids is 2. The van der Waals surface area contributed by atoms with Crippen LogP contribution >= 0.6 is 0 Å². The highest BCUT2D eigenvalue weighted by Crippen LogP contribution is 2.74. The molecule has 7 heteroatoms. The molecular weight excluding hydrogens is 340 g/mol. The second-order valence-corrected chi connectivity index (χ2v) is 8.87. The minimum Gasteiger partial charge on any atom is -0.461 e. The van der Waals surface area contributed by atoms with Gasteiger partial charge in [-0.25, -0.2) is 0 Å². The van der Waals surface area contributed by atoms with Gasteiger partial charge in [0.1, 0.15) is 18.1 Å². The summed E-state index contributed by atoms with van der Waals surface area (Å²) < 4.78 is 22.6. The topological polar surface area (TPSA) is 91.3 Å². The van der Waals surface area contributed by atoms with E-state index < -0.39 is 47.5 Å². The maximum absolute atomic E-state index is 12.6. The summed E-state index contributed by atoms with van der Waals surface area (Å²) in [5, 5.41) is 11.4. The Morgan fingerprint density at radius 3 is 2.50 bits per heavy atom. The third-order valence-corrected chi connectivity index (χ3v) is 6.98. The van der Waals surface area contributed by atoms with Gasteiger partial charge in [-0.3, -0.25) is 9.59 Å². The molecule has 8 atom stereocenters. The molecule has 3 fully saturated rings. The van der Waals surface area contributed by atoms with E-state index in [-0.39, 0.29) is 17.1 Å². The molecule has 2 aliphatic carbocycles.